The third-order valence-electron chi connectivity index (χ3n) is 5.69. The van der Waals surface area contributed by atoms with Crippen LogP contribution in [0.15, 0.2) is 59.8 Å². The van der Waals surface area contributed by atoms with Crippen molar-refractivity contribution in [1.82, 2.24) is 0 Å². The van der Waals surface area contributed by atoms with Gasteiger partial charge in [0.05, 0.1) is 64.6 Å². The minimum Gasteiger partial charge on any atom is -0.399 e. The predicted octanol–water partition coefficient (Wildman–Crippen LogP) is 2.73. The molecule has 9 heteroatoms. The highest BCUT2D eigenvalue weighted by Crippen LogP contribution is 2.53. The molecule has 3 rings (SSSR count). The summed E-state index contributed by atoms with van der Waals surface area (Å²) in [5.74, 6) is -2.48. The molecule has 0 aliphatic heterocycles. The van der Waals surface area contributed by atoms with E-state index in [0.717, 1.165) is 0 Å². The topological polar surface area (TPSA) is 188 Å². The molecule has 1 aliphatic carbocycles. The van der Waals surface area contributed by atoms with Crippen molar-refractivity contribution < 1.29 is 4.92 Å². The molecule has 32 heavy (non-hydrogen) atoms. The van der Waals surface area contributed by atoms with Gasteiger partial charge in [-0.25, -0.2) is 0 Å². The van der Waals surface area contributed by atoms with Crippen molar-refractivity contribution in [3.05, 3.63) is 92.2 Å². The second-order valence-corrected chi connectivity index (χ2v) is 7.17. The summed E-state index contributed by atoms with van der Waals surface area (Å²) in [7, 11) is 0. The zero-order valence-corrected chi connectivity index (χ0v) is 16.4. The number of nitrogens with zero attached hydrogens (tertiary/aromatic N) is 6. The van der Waals surface area contributed by atoms with Gasteiger partial charge in [0, 0.05) is 4.92 Å². The van der Waals surface area contributed by atoms with Crippen LogP contribution in [0.25, 0.3) is 0 Å². The van der Waals surface area contributed by atoms with Crippen molar-refractivity contribution in [1.29, 1.82) is 26.3 Å². The van der Waals surface area contributed by atoms with Crippen LogP contribution in [0.1, 0.15) is 34.1 Å². The standard InChI is InChI=1S/C23H13N7O2/c24-9-14-1-5-16(6-2-14)19-18(11-26)22(29)23(12-27,13-28)20(21(19)30(31)32)17-7-3-15(10-25)4-8-17/h1-8,19-21H,29H2. The molecule has 2 N–H and O–H groups in total. The van der Waals surface area contributed by atoms with Crippen LogP contribution < -0.4 is 5.73 Å². The monoisotopic (exact) mass is 419 g/mol. The molecule has 0 heterocycles. The lowest BCUT2D eigenvalue weighted by molar-refractivity contribution is -0.532. The molecule has 0 fully saturated rings. The minimum absolute atomic E-state index is 0.232. The van der Waals surface area contributed by atoms with Crippen molar-refractivity contribution in [3.63, 3.8) is 0 Å². The Morgan fingerprint density at radius 3 is 1.66 bits per heavy atom. The van der Waals surface area contributed by atoms with Gasteiger partial charge in [0.25, 0.3) is 0 Å². The summed E-state index contributed by atoms with van der Waals surface area (Å²) in [6.07, 6.45) is 0. The van der Waals surface area contributed by atoms with Crippen LogP contribution >= 0.6 is 0 Å². The van der Waals surface area contributed by atoms with Gasteiger partial charge in [0.15, 0.2) is 5.41 Å². The van der Waals surface area contributed by atoms with E-state index >= 15 is 0 Å². The Morgan fingerprint density at radius 1 is 0.812 bits per heavy atom. The molecule has 0 amide bonds. The lowest BCUT2D eigenvalue weighted by Crippen LogP contribution is -2.50. The molecular formula is C23H13N7O2. The number of hydrogen-bond acceptors (Lipinski definition) is 8. The van der Waals surface area contributed by atoms with Gasteiger partial charge in [-0.1, -0.05) is 24.3 Å². The van der Waals surface area contributed by atoms with E-state index < -0.39 is 28.2 Å². The number of nitro groups is 1. The molecule has 0 saturated carbocycles. The average Bonchev–Trinajstić information content (AvgIpc) is 2.83. The Hall–Kier alpha value is -5.17. The largest absolute Gasteiger partial charge is 0.399 e. The average molecular weight is 419 g/mol. The van der Waals surface area contributed by atoms with Crippen LogP contribution in [-0.2, 0) is 0 Å². The molecule has 0 radical (unpaired) electrons. The van der Waals surface area contributed by atoms with Crippen molar-refractivity contribution in [2.45, 2.75) is 17.9 Å². The van der Waals surface area contributed by atoms with Crippen LogP contribution in [0.3, 0.4) is 0 Å². The maximum absolute atomic E-state index is 12.4. The first kappa shape index (κ1) is 21.5. The SMILES string of the molecule is N#CC1=C(N)C(C#N)(C#N)C(c2ccc(C#N)cc2)C([N+](=O)[O-])C1c1ccc(C#N)cc1. The first-order valence-corrected chi connectivity index (χ1v) is 9.24. The fourth-order valence-corrected chi connectivity index (χ4v) is 4.17. The normalized spacial score (nSPS) is 21.2. The predicted molar refractivity (Wildman–Crippen MR) is 109 cm³/mol. The van der Waals surface area contributed by atoms with E-state index in [9.17, 15) is 25.9 Å². The van der Waals surface area contributed by atoms with Crippen LogP contribution in [0, 0.1) is 72.2 Å². The van der Waals surface area contributed by atoms with Gasteiger partial charge in [0.1, 0.15) is 0 Å². The molecule has 3 atom stereocenters. The van der Waals surface area contributed by atoms with Gasteiger partial charge in [-0.3, -0.25) is 10.1 Å². The number of rotatable bonds is 3. The molecule has 0 aromatic heterocycles. The summed E-state index contributed by atoms with van der Waals surface area (Å²) in [6, 6.07) is 19.5. The van der Waals surface area contributed by atoms with Crippen LogP contribution in [-0.4, -0.2) is 11.0 Å². The molecule has 1 aliphatic rings. The molecule has 9 nitrogen and oxygen atoms in total. The van der Waals surface area contributed by atoms with Gasteiger partial charge < -0.3 is 5.73 Å². The first-order valence-electron chi connectivity index (χ1n) is 9.24. The van der Waals surface area contributed by atoms with E-state index in [2.05, 4.69) is 0 Å². The summed E-state index contributed by atoms with van der Waals surface area (Å²) in [5, 5.41) is 60.3. The second-order valence-electron chi connectivity index (χ2n) is 7.17. The van der Waals surface area contributed by atoms with E-state index in [1.54, 1.807) is 0 Å². The lowest BCUT2D eigenvalue weighted by atomic mass is 9.58. The number of benzene rings is 2. The van der Waals surface area contributed by atoms with Gasteiger partial charge in [-0.05, 0) is 35.4 Å². The van der Waals surface area contributed by atoms with Crippen LogP contribution in [0.2, 0.25) is 0 Å². The smallest absolute Gasteiger partial charge is 0.234 e. The zero-order chi connectivity index (χ0) is 23.5. The maximum Gasteiger partial charge on any atom is 0.234 e. The first-order chi connectivity index (χ1) is 15.4. The maximum atomic E-state index is 12.4. The van der Waals surface area contributed by atoms with E-state index in [1.807, 2.05) is 30.3 Å². The van der Waals surface area contributed by atoms with Gasteiger partial charge in [0.2, 0.25) is 6.04 Å². The molecule has 2 aromatic carbocycles. The van der Waals surface area contributed by atoms with E-state index in [1.165, 1.54) is 48.5 Å². The highest BCUT2D eigenvalue weighted by molar-refractivity contribution is 5.55. The fourth-order valence-electron chi connectivity index (χ4n) is 4.17. The third kappa shape index (κ3) is 3.16. The number of nitriles is 5. The Kier molecular flexibility index (Phi) is 5.58. The molecule has 3 unspecified atom stereocenters. The quantitative estimate of drug-likeness (QED) is 0.580. The Labute approximate surface area is 183 Å². The Balaban J connectivity index is 2.39. The summed E-state index contributed by atoms with van der Waals surface area (Å²) < 4.78 is 0. The molecule has 2 aromatic rings. The minimum atomic E-state index is -2.17. The third-order valence-corrected chi connectivity index (χ3v) is 5.69. The molecule has 0 saturated heterocycles. The number of allylic oxidation sites excluding steroid dienone is 1. The van der Waals surface area contributed by atoms with Crippen molar-refractivity contribution in [2.24, 2.45) is 11.1 Å². The second kappa shape index (κ2) is 8.29. The van der Waals surface area contributed by atoms with Crippen molar-refractivity contribution >= 4 is 0 Å². The van der Waals surface area contributed by atoms with Crippen LogP contribution in [0.5, 0.6) is 0 Å². The van der Waals surface area contributed by atoms with E-state index in [4.69, 9.17) is 16.3 Å². The summed E-state index contributed by atoms with van der Waals surface area (Å²) in [6.45, 7) is 0. The van der Waals surface area contributed by atoms with Gasteiger partial charge in [-0.2, -0.15) is 26.3 Å². The molecular weight excluding hydrogens is 406 g/mol. The summed E-state index contributed by atoms with van der Waals surface area (Å²) in [5.41, 5.74) is 4.71. The number of hydrogen-bond donors (Lipinski definition) is 1. The molecule has 152 valence electrons. The number of nitrogens with two attached hydrogens (primary N) is 1. The van der Waals surface area contributed by atoms with Gasteiger partial charge >= 0.3 is 0 Å². The highest BCUT2D eigenvalue weighted by Gasteiger charge is 2.61. The van der Waals surface area contributed by atoms with E-state index in [0.29, 0.717) is 16.7 Å². The Morgan fingerprint density at radius 2 is 1.28 bits per heavy atom. The summed E-state index contributed by atoms with van der Waals surface area (Å²) >= 11 is 0. The summed E-state index contributed by atoms with van der Waals surface area (Å²) in [4.78, 5) is 11.8. The fraction of sp³-hybridized carbons (Fsp3) is 0.174. The zero-order valence-electron chi connectivity index (χ0n) is 16.4. The Bertz CT molecular complexity index is 1310. The highest BCUT2D eigenvalue weighted by atomic mass is 16.6. The molecule has 0 bridgehead atoms. The van der Waals surface area contributed by atoms with Crippen LogP contribution in [0.4, 0.5) is 0 Å². The molecule has 0 spiro atoms. The van der Waals surface area contributed by atoms with E-state index in [-0.39, 0.29) is 16.8 Å². The lowest BCUT2D eigenvalue weighted by Gasteiger charge is -2.40. The van der Waals surface area contributed by atoms with Gasteiger partial charge in [-0.15, -0.1) is 0 Å². The van der Waals surface area contributed by atoms with Crippen molar-refractivity contribution in [2.75, 3.05) is 0 Å². The van der Waals surface area contributed by atoms with Crippen molar-refractivity contribution in [3.8, 4) is 30.3 Å².